The van der Waals surface area contributed by atoms with E-state index in [9.17, 15) is 18.4 Å². The SMILES string of the molecule is COc1ccc(-n2nc(C(F)F)cc2-c2ccc(CCN3C(=O)c4ccccc4C3=O)cc2)cn1. The first-order valence-corrected chi connectivity index (χ1v) is 10.9. The zero-order chi connectivity index (χ0) is 24.5. The number of imide groups is 1. The molecule has 2 amide bonds. The minimum Gasteiger partial charge on any atom is -0.481 e. The van der Waals surface area contributed by atoms with Gasteiger partial charge in [0, 0.05) is 18.2 Å². The van der Waals surface area contributed by atoms with Crippen molar-refractivity contribution in [3.63, 3.8) is 0 Å². The van der Waals surface area contributed by atoms with Crippen LogP contribution in [0, 0.1) is 0 Å². The standard InChI is InChI=1S/C26H20F2N4O3/c1-35-23-11-10-18(15-29-23)32-22(14-21(30-32)24(27)28)17-8-6-16(7-9-17)12-13-31-25(33)19-4-2-3-5-20(19)26(31)34/h2-11,14-15,24H,12-13H2,1H3. The van der Waals surface area contributed by atoms with E-state index in [1.807, 2.05) is 12.1 Å². The van der Waals surface area contributed by atoms with Crippen molar-refractivity contribution in [1.29, 1.82) is 0 Å². The van der Waals surface area contributed by atoms with Crippen LogP contribution in [0.25, 0.3) is 16.9 Å². The number of alkyl halides is 2. The number of rotatable bonds is 7. The Morgan fingerprint density at radius 3 is 2.20 bits per heavy atom. The second kappa shape index (κ2) is 9.09. The fourth-order valence-electron chi connectivity index (χ4n) is 4.05. The number of benzene rings is 2. The van der Waals surface area contributed by atoms with Gasteiger partial charge in [-0.1, -0.05) is 36.4 Å². The Hall–Kier alpha value is -4.40. The van der Waals surface area contributed by atoms with Crippen LogP contribution in [-0.4, -0.2) is 45.1 Å². The predicted molar refractivity (Wildman–Crippen MR) is 124 cm³/mol. The topological polar surface area (TPSA) is 77.3 Å². The van der Waals surface area contributed by atoms with Crippen LogP contribution in [0.5, 0.6) is 5.88 Å². The van der Waals surface area contributed by atoms with Gasteiger partial charge in [-0.05, 0) is 36.2 Å². The fraction of sp³-hybridized carbons (Fsp3) is 0.154. The maximum absolute atomic E-state index is 13.4. The van der Waals surface area contributed by atoms with Crippen molar-refractivity contribution in [3.05, 3.63) is 95.3 Å². The molecular formula is C26H20F2N4O3. The van der Waals surface area contributed by atoms with E-state index in [-0.39, 0.29) is 24.1 Å². The van der Waals surface area contributed by atoms with Gasteiger partial charge in [0.05, 0.1) is 35.8 Å². The first kappa shape index (κ1) is 22.4. The highest BCUT2D eigenvalue weighted by atomic mass is 19.3. The molecule has 0 radical (unpaired) electrons. The molecule has 0 atom stereocenters. The van der Waals surface area contributed by atoms with Gasteiger partial charge in [-0.25, -0.2) is 18.4 Å². The third-order valence-corrected chi connectivity index (χ3v) is 5.88. The van der Waals surface area contributed by atoms with E-state index in [0.29, 0.717) is 40.4 Å². The summed E-state index contributed by atoms with van der Waals surface area (Å²) in [6.07, 6.45) is -0.753. The van der Waals surface area contributed by atoms with Gasteiger partial charge >= 0.3 is 0 Å². The average molecular weight is 474 g/mol. The van der Waals surface area contributed by atoms with Crippen LogP contribution < -0.4 is 4.74 Å². The minimum absolute atomic E-state index is 0.247. The van der Waals surface area contributed by atoms with Gasteiger partial charge in [0.1, 0.15) is 5.69 Å². The zero-order valence-electron chi connectivity index (χ0n) is 18.7. The van der Waals surface area contributed by atoms with Crippen molar-refractivity contribution in [2.75, 3.05) is 13.7 Å². The molecule has 0 saturated carbocycles. The molecule has 2 aromatic heterocycles. The number of pyridine rings is 1. The number of ether oxygens (including phenoxy) is 1. The highest BCUT2D eigenvalue weighted by Crippen LogP contribution is 2.29. The molecule has 1 aliphatic heterocycles. The first-order chi connectivity index (χ1) is 17.0. The zero-order valence-corrected chi connectivity index (χ0v) is 18.7. The molecule has 3 heterocycles. The molecule has 5 rings (SSSR count). The van der Waals surface area contributed by atoms with Crippen molar-refractivity contribution in [1.82, 2.24) is 19.7 Å². The van der Waals surface area contributed by atoms with E-state index in [4.69, 9.17) is 4.74 Å². The highest BCUT2D eigenvalue weighted by Gasteiger charge is 2.34. The number of methoxy groups -OCH3 is 1. The van der Waals surface area contributed by atoms with E-state index >= 15 is 0 Å². The molecule has 0 bridgehead atoms. The number of fused-ring (bicyclic) bond motifs is 1. The van der Waals surface area contributed by atoms with Gasteiger partial charge < -0.3 is 4.74 Å². The van der Waals surface area contributed by atoms with E-state index in [1.54, 1.807) is 48.5 Å². The lowest BCUT2D eigenvalue weighted by Gasteiger charge is -2.14. The second-order valence-corrected chi connectivity index (χ2v) is 7.98. The number of nitrogens with zero attached hydrogens (tertiary/aromatic N) is 4. The van der Waals surface area contributed by atoms with Crippen molar-refractivity contribution >= 4 is 11.8 Å². The summed E-state index contributed by atoms with van der Waals surface area (Å²) in [6, 6.07) is 18.7. The Morgan fingerprint density at radius 2 is 1.63 bits per heavy atom. The van der Waals surface area contributed by atoms with E-state index < -0.39 is 6.43 Å². The van der Waals surface area contributed by atoms with Gasteiger partial charge in [-0.3, -0.25) is 14.5 Å². The van der Waals surface area contributed by atoms with Gasteiger partial charge in [0.25, 0.3) is 18.2 Å². The van der Waals surface area contributed by atoms with Gasteiger partial charge in [0.2, 0.25) is 5.88 Å². The number of aromatic nitrogens is 3. The molecule has 0 fully saturated rings. The number of carbonyl (C=O) groups is 2. The summed E-state index contributed by atoms with van der Waals surface area (Å²) in [5, 5.41) is 4.06. The van der Waals surface area contributed by atoms with Crippen molar-refractivity contribution < 1.29 is 23.1 Å². The van der Waals surface area contributed by atoms with Gasteiger partial charge in [0.15, 0.2) is 0 Å². The summed E-state index contributed by atoms with van der Waals surface area (Å²) in [7, 11) is 1.49. The summed E-state index contributed by atoms with van der Waals surface area (Å²) in [6.45, 7) is 0.247. The number of carbonyl (C=O) groups excluding carboxylic acids is 2. The third kappa shape index (κ3) is 4.16. The molecule has 1 aliphatic rings. The van der Waals surface area contributed by atoms with Crippen LogP contribution in [0.15, 0.2) is 72.9 Å². The van der Waals surface area contributed by atoms with Crippen LogP contribution in [0.2, 0.25) is 0 Å². The highest BCUT2D eigenvalue weighted by molar-refractivity contribution is 6.21. The van der Waals surface area contributed by atoms with Crippen LogP contribution in [-0.2, 0) is 6.42 Å². The Labute approximate surface area is 199 Å². The number of hydrogen-bond acceptors (Lipinski definition) is 5. The fourth-order valence-corrected chi connectivity index (χ4v) is 4.05. The Balaban J connectivity index is 1.36. The lowest BCUT2D eigenvalue weighted by molar-refractivity contribution is 0.0656. The van der Waals surface area contributed by atoms with E-state index in [2.05, 4.69) is 10.1 Å². The Morgan fingerprint density at radius 1 is 0.943 bits per heavy atom. The predicted octanol–water partition coefficient (Wildman–Crippen LogP) is 4.72. The summed E-state index contributed by atoms with van der Waals surface area (Å²) in [5.74, 6) is -0.184. The molecular weight excluding hydrogens is 454 g/mol. The largest absolute Gasteiger partial charge is 0.481 e. The molecule has 35 heavy (non-hydrogen) atoms. The van der Waals surface area contributed by atoms with Crippen molar-refractivity contribution in [2.45, 2.75) is 12.8 Å². The lowest BCUT2D eigenvalue weighted by Crippen LogP contribution is -2.31. The molecule has 176 valence electrons. The summed E-state index contributed by atoms with van der Waals surface area (Å²) in [4.78, 5) is 30.5. The average Bonchev–Trinajstić information content (AvgIpc) is 3.44. The van der Waals surface area contributed by atoms with Crippen LogP contribution >= 0.6 is 0 Å². The number of hydrogen-bond donors (Lipinski definition) is 0. The maximum Gasteiger partial charge on any atom is 0.282 e. The number of amides is 2. The molecule has 7 nitrogen and oxygen atoms in total. The normalized spacial score (nSPS) is 13.0. The summed E-state index contributed by atoms with van der Waals surface area (Å²) < 4.78 is 33.3. The van der Waals surface area contributed by atoms with Gasteiger partial charge in [-0.2, -0.15) is 5.10 Å². The molecule has 0 aliphatic carbocycles. The van der Waals surface area contributed by atoms with E-state index in [1.165, 1.54) is 29.0 Å². The number of halogens is 2. The molecule has 4 aromatic rings. The molecule has 0 saturated heterocycles. The molecule has 2 aromatic carbocycles. The molecule has 0 N–H and O–H groups in total. The summed E-state index contributed by atoms with van der Waals surface area (Å²) in [5.41, 5.74) is 3.08. The molecule has 0 spiro atoms. The van der Waals surface area contributed by atoms with Gasteiger partial charge in [-0.15, -0.1) is 0 Å². The Bertz CT molecular complexity index is 1360. The smallest absolute Gasteiger partial charge is 0.282 e. The quantitative estimate of drug-likeness (QED) is 0.362. The van der Waals surface area contributed by atoms with Crippen molar-refractivity contribution in [2.24, 2.45) is 0 Å². The maximum atomic E-state index is 13.4. The van der Waals surface area contributed by atoms with E-state index in [0.717, 1.165) is 5.56 Å². The second-order valence-electron chi connectivity index (χ2n) is 7.98. The van der Waals surface area contributed by atoms with Crippen LogP contribution in [0.3, 0.4) is 0 Å². The first-order valence-electron chi connectivity index (χ1n) is 10.9. The molecule has 9 heteroatoms. The molecule has 0 unspecified atom stereocenters. The minimum atomic E-state index is -2.72. The lowest BCUT2D eigenvalue weighted by atomic mass is 10.1. The Kier molecular flexibility index (Phi) is 5.82. The third-order valence-electron chi connectivity index (χ3n) is 5.88. The van der Waals surface area contributed by atoms with Crippen molar-refractivity contribution in [3.8, 4) is 22.8 Å². The van der Waals surface area contributed by atoms with Crippen LogP contribution in [0.1, 0.15) is 38.4 Å². The monoisotopic (exact) mass is 474 g/mol. The summed E-state index contributed by atoms with van der Waals surface area (Å²) >= 11 is 0. The van der Waals surface area contributed by atoms with Crippen LogP contribution in [0.4, 0.5) is 8.78 Å².